The topological polar surface area (TPSA) is 64.1 Å². The maximum atomic E-state index is 12.0. The number of hydrogen-bond acceptors (Lipinski definition) is 6. The molecule has 0 aliphatic rings. The van der Waals surface area contributed by atoms with Gasteiger partial charge in [0, 0.05) is 0 Å². The van der Waals surface area contributed by atoms with Crippen LogP contribution in [0.3, 0.4) is 0 Å². The SMILES string of the molecule is CCSc1nnc(NC(=O)COc2ccc(-c3ccc(C)cc3)cc2)s1. The van der Waals surface area contributed by atoms with Crippen LogP contribution in [0.15, 0.2) is 52.9 Å². The molecule has 5 nitrogen and oxygen atoms in total. The minimum atomic E-state index is -0.253. The number of hydrogen-bond donors (Lipinski definition) is 1. The zero-order valence-electron chi connectivity index (χ0n) is 14.6. The fourth-order valence-corrected chi connectivity index (χ4v) is 3.90. The summed E-state index contributed by atoms with van der Waals surface area (Å²) in [7, 11) is 0. The number of amides is 1. The lowest BCUT2D eigenvalue weighted by Gasteiger charge is -2.07. The van der Waals surface area contributed by atoms with Gasteiger partial charge in [0.1, 0.15) is 5.75 Å². The molecule has 0 saturated carbocycles. The third-order valence-corrected chi connectivity index (χ3v) is 5.38. The predicted molar refractivity (Wildman–Crippen MR) is 107 cm³/mol. The minimum Gasteiger partial charge on any atom is -0.484 e. The highest BCUT2D eigenvalue weighted by atomic mass is 32.2. The summed E-state index contributed by atoms with van der Waals surface area (Å²) in [6.07, 6.45) is 0. The molecular weight excluding hydrogens is 366 g/mol. The molecule has 7 heteroatoms. The van der Waals surface area contributed by atoms with Gasteiger partial charge < -0.3 is 4.74 Å². The van der Waals surface area contributed by atoms with Gasteiger partial charge in [-0.3, -0.25) is 10.1 Å². The van der Waals surface area contributed by atoms with Gasteiger partial charge in [-0.2, -0.15) is 0 Å². The molecule has 0 spiro atoms. The van der Waals surface area contributed by atoms with Gasteiger partial charge in [0.15, 0.2) is 10.9 Å². The predicted octanol–water partition coefficient (Wildman–Crippen LogP) is 4.64. The first-order chi connectivity index (χ1) is 12.6. The van der Waals surface area contributed by atoms with E-state index in [4.69, 9.17) is 4.74 Å². The summed E-state index contributed by atoms with van der Waals surface area (Å²) in [4.78, 5) is 12.0. The van der Waals surface area contributed by atoms with Crippen molar-refractivity contribution in [2.24, 2.45) is 0 Å². The van der Waals surface area contributed by atoms with E-state index in [0.717, 1.165) is 21.2 Å². The quantitative estimate of drug-likeness (QED) is 0.474. The van der Waals surface area contributed by atoms with Gasteiger partial charge in [0.2, 0.25) is 5.13 Å². The monoisotopic (exact) mass is 385 g/mol. The molecule has 0 aliphatic carbocycles. The van der Waals surface area contributed by atoms with Crippen molar-refractivity contribution in [1.82, 2.24) is 10.2 Å². The molecule has 2 aromatic carbocycles. The second kappa shape index (κ2) is 8.82. The Balaban J connectivity index is 1.52. The molecular formula is C19H19N3O2S2. The molecule has 1 N–H and O–H groups in total. The van der Waals surface area contributed by atoms with Gasteiger partial charge in [-0.25, -0.2) is 0 Å². The number of thioether (sulfide) groups is 1. The molecule has 0 atom stereocenters. The standard InChI is InChI=1S/C19H19N3O2S2/c1-3-25-19-22-21-18(26-19)20-17(23)12-24-16-10-8-15(9-11-16)14-6-4-13(2)5-7-14/h4-11H,3,12H2,1-2H3,(H,20,21,23). The minimum absolute atomic E-state index is 0.0697. The molecule has 134 valence electrons. The van der Waals surface area contributed by atoms with E-state index in [1.165, 1.54) is 16.9 Å². The molecule has 1 heterocycles. The van der Waals surface area contributed by atoms with E-state index in [1.807, 2.05) is 31.2 Å². The average Bonchev–Trinajstić information content (AvgIpc) is 3.08. The van der Waals surface area contributed by atoms with Gasteiger partial charge in [0.05, 0.1) is 0 Å². The molecule has 1 aromatic heterocycles. The lowest BCUT2D eigenvalue weighted by molar-refractivity contribution is -0.118. The number of aryl methyl sites for hydroxylation is 1. The summed E-state index contributed by atoms with van der Waals surface area (Å²) in [6, 6.07) is 16.0. The largest absolute Gasteiger partial charge is 0.484 e. The molecule has 0 fully saturated rings. The van der Waals surface area contributed by atoms with Crippen molar-refractivity contribution in [3.05, 3.63) is 54.1 Å². The van der Waals surface area contributed by atoms with E-state index >= 15 is 0 Å². The van der Waals surface area contributed by atoms with Crippen molar-refractivity contribution >= 4 is 34.1 Å². The van der Waals surface area contributed by atoms with Crippen molar-refractivity contribution < 1.29 is 9.53 Å². The normalized spacial score (nSPS) is 10.5. The van der Waals surface area contributed by atoms with Crippen LogP contribution in [-0.2, 0) is 4.79 Å². The summed E-state index contributed by atoms with van der Waals surface area (Å²) in [5, 5.41) is 11.1. The van der Waals surface area contributed by atoms with E-state index in [1.54, 1.807) is 11.8 Å². The van der Waals surface area contributed by atoms with E-state index in [0.29, 0.717) is 10.9 Å². The second-order valence-corrected chi connectivity index (χ2v) is 8.02. The van der Waals surface area contributed by atoms with Gasteiger partial charge >= 0.3 is 0 Å². The lowest BCUT2D eigenvalue weighted by atomic mass is 10.0. The summed E-state index contributed by atoms with van der Waals surface area (Å²) in [6.45, 7) is 4.04. The number of aromatic nitrogens is 2. The van der Waals surface area contributed by atoms with Crippen LogP contribution < -0.4 is 10.1 Å². The van der Waals surface area contributed by atoms with Gasteiger partial charge in [0.25, 0.3) is 5.91 Å². The molecule has 0 saturated heterocycles. The first-order valence-electron chi connectivity index (χ1n) is 8.20. The Morgan fingerprint density at radius 2 is 1.73 bits per heavy atom. The zero-order valence-corrected chi connectivity index (χ0v) is 16.2. The molecule has 3 rings (SSSR count). The molecule has 0 aliphatic heterocycles. The fraction of sp³-hybridized carbons (Fsp3) is 0.211. The number of nitrogens with zero attached hydrogens (tertiary/aromatic N) is 2. The number of carbonyl (C=O) groups is 1. The zero-order chi connectivity index (χ0) is 18.4. The highest BCUT2D eigenvalue weighted by Crippen LogP contribution is 2.25. The Hall–Kier alpha value is -2.38. The fourth-order valence-electron chi connectivity index (χ4n) is 2.24. The Labute approximate surface area is 160 Å². The highest BCUT2D eigenvalue weighted by Gasteiger charge is 2.09. The third kappa shape index (κ3) is 5.06. The third-order valence-electron chi connectivity index (χ3n) is 3.53. The maximum absolute atomic E-state index is 12.0. The summed E-state index contributed by atoms with van der Waals surface area (Å²) in [5.74, 6) is 1.32. The molecule has 26 heavy (non-hydrogen) atoms. The molecule has 0 unspecified atom stereocenters. The van der Waals surface area contributed by atoms with Crippen molar-refractivity contribution in [2.75, 3.05) is 17.7 Å². The molecule has 0 radical (unpaired) electrons. The number of rotatable bonds is 7. The van der Waals surface area contributed by atoms with E-state index in [2.05, 4.69) is 46.7 Å². The van der Waals surface area contributed by atoms with Gasteiger partial charge in [-0.15, -0.1) is 10.2 Å². The Kier molecular flexibility index (Phi) is 6.25. The number of benzene rings is 2. The van der Waals surface area contributed by atoms with Crippen LogP contribution in [0.25, 0.3) is 11.1 Å². The highest BCUT2D eigenvalue weighted by molar-refractivity contribution is 8.01. The molecule has 3 aromatic rings. The maximum Gasteiger partial charge on any atom is 0.264 e. The van der Waals surface area contributed by atoms with Crippen LogP contribution in [-0.4, -0.2) is 28.5 Å². The Morgan fingerprint density at radius 1 is 1.08 bits per heavy atom. The summed E-state index contributed by atoms with van der Waals surface area (Å²) < 4.78 is 6.39. The summed E-state index contributed by atoms with van der Waals surface area (Å²) in [5.41, 5.74) is 3.49. The Morgan fingerprint density at radius 3 is 2.38 bits per heavy atom. The van der Waals surface area contributed by atoms with Crippen LogP contribution in [0.5, 0.6) is 5.75 Å². The number of anilines is 1. The first-order valence-corrected chi connectivity index (χ1v) is 10.0. The van der Waals surface area contributed by atoms with Crippen LogP contribution in [0, 0.1) is 6.92 Å². The number of ether oxygens (including phenoxy) is 1. The van der Waals surface area contributed by atoms with E-state index in [9.17, 15) is 4.79 Å². The van der Waals surface area contributed by atoms with Crippen molar-refractivity contribution in [2.45, 2.75) is 18.2 Å². The lowest BCUT2D eigenvalue weighted by Crippen LogP contribution is -2.20. The smallest absolute Gasteiger partial charge is 0.264 e. The second-order valence-electron chi connectivity index (χ2n) is 5.53. The van der Waals surface area contributed by atoms with Crippen molar-refractivity contribution in [1.29, 1.82) is 0 Å². The number of nitrogens with one attached hydrogen (secondary N) is 1. The van der Waals surface area contributed by atoms with Crippen LogP contribution in [0.2, 0.25) is 0 Å². The van der Waals surface area contributed by atoms with Gasteiger partial charge in [-0.1, -0.05) is 72.0 Å². The van der Waals surface area contributed by atoms with Crippen LogP contribution in [0.4, 0.5) is 5.13 Å². The van der Waals surface area contributed by atoms with Gasteiger partial charge in [-0.05, 0) is 35.9 Å². The van der Waals surface area contributed by atoms with Crippen molar-refractivity contribution in [3.63, 3.8) is 0 Å². The average molecular weight is 386 g/mol. The summed E-state index contributed by atoms with van der Waals surface area (Å²) >= 11 is 2.96. The van der Waals surface area contributed by atoms with E-state index < -0.39 is 0 Å². The number of carbonyl (C=O) groups excluding carboxylic acids is 1. The van der Waals surface area contributed by atoms with Crippen LogP contribution >= 0.6 is 23.1 Å². The van der Waals surface area contributed by atoms with Crippen LogP contribution in [0.1, 0.15) is 12.5 Å². The first kappa shape index (κ1) is 18.4. The molecule has 0 bridgehead atoms. The Bertz CT molecular complexity index is 861. The molecule has 1 amide bonds. The van der Waals surface area contributed by atoms with E-state index in [-0.39, 0.29) is 12.5 Å². The van der Waals surface area contributed by atoms with Crippen molar-refractivity contribution in [3.8, 4) is 16.9 Å².